The average Bonchev–Trinajstić information content (AvgIpc) is 3.37. The summed E-state index contributed by atoms with van der Waals surface area (Å²) in [6, 6.07) is 31.5. The van der Waals surface area contributed by atoms with Gasteiger partial charge in [-0.25, -0.2) is 0 Å². The van der Waals surface area contributed by atoms with E-state index in [2.05, 4.69) is 13.0 Å². The van der Waals surface area contributed by atoms with Crippen LogP contribution in [0.25, 0.3) is 0 Å². The van der Waals surface area contributed by atoms with Crippen molar-refractivity contribution in [2.24, 2.45) is 0 Å². The predicted octanol–water partition coefficient (Wildman–Crippen LogP) is 12.9. The summed E-state index contributed by atoms with van der Waals surface area (Å²) in [4.78, 5) is 35.0. The Balaban J connectivity index is 0.000000238. The van der Waals surface area contributed by atoms with Gasteiger partial charge in [-0.1, -0.05) is 54.6 Å². The van der Waals surface area contributed by atoms with Crippen LogP contribution in [0.3, 0.4) is 0 Å². The maximum Gasteiger partial charge on any atom is 0.306 e. The second-order valence-electron chi connectivity index (χ2n) is 18.1. The third-order valence-corrected chi connectivity index (χ3v) is 13.4. The molecule has 12 nitrogen and oxygen atoms in total. The quantitative estimate of drug-likeness (QED) is 0.0742. The van der Waals surface area contributed by atoms with E-state index < -0.39 is 11.9 Å². The molecule has 0 aliphatic rings. The van der Waals surface area contributed by atoms with Gasteiger partial charge in [0.15, 0.2) is 0 Å². The predicted molar refractivity (Wildman–Crippen MR) is 287 cm³/mol. The number of carbonyl (C=O) groups is 3. The van der Waals surface area contributed by atoms with E-state index in [1.807, 2.05) is 146 Å². The third-order valence-electron chi connectivity index (χ3n) is 13.4. The average molecular weight is 999 g/mol. The van der Waals surface area contributed by atoms with Gasteiger partial charge in [-0.3, -0.25) is 14.4 Å². The third kappa shape index (κ3) is 15.5. The molecule has 0 spiro atoms. The lowest BCUT2D eigenvalue weighted by Gasteiger charge is -2.21. The van der Waals surface area contributed by atoms with E-state index in [1.54, 1.807) is 42.7 Å². The molecule has 390 valence electrons. The molecule has 0 saturated carbocycles. The first-order valence-electron chi connectivity index (χ1n) is 24.2. The van der Waals surface area contributed by atoms with E-state index in [9.17, 15) is 24.6 Å². The Morgan fingerprint density at radius 3 is 1.01 bits per heavy atom. The molecular formula is C61H74O12. The molecule has 12 heteroatoms. The first-order chi connectivity index (χ1) is 34.7. The van der Waals surface area contributed by atoms with Crippen LogP contribution < -0.4 is 28.4 Å². The zero-order chi connectivity index (χ0) is 54.1. The van der Waals surface area contributed by atoms with Gasteiger partial charge in [0.2, 0.25) is 0 Å². The molecule has 6 aromatic rings. The fourth-order valence-corrected chi connectivity index (χ4v) is 8.76. The zero-order valence-corrected chi connectivity index (χ0v) is 45.3. The summed E-state index contributed by atoms with van der Waals surface area (Å²) in [7, 11) is 9.82. The summed E-state index contributed by atoms with van der Waals surface area (Å²) in [6.45, 7) is 18.3. The van der Waals surface area contributed by atoms with Crippen LogP contribution in [0.2, 0.25) is 0 Å². The van der Waals surface area contributed by atoms with Gasteiger partial charge in [-0.2, -0.15) is 0 Å². The van der Waals surface area contributed by atoms with Crippen LogP contribution in [-0.2, 0) is 19.1 Å². The Kier molecular flexibility index (Phi) is 21.8. The smallest absolute Gasteiger partial charge is 0.306 e. The SMILES string of the molecule is CCOC(=O)CC(c1ccc(C)c(OC)c1)c1cc(C)c(C)c(OC)c1.COc1cc(C(CC(=O)O)c2cc(C)c(C)c(OC)c2)ccc1C.COc1ccc(C(CC(=O)O)c2cc(C)c(C)c(OC)c2)cc1. The highest BCUT2D eigenvalue weighted by Crippen LogP contribution is 2.38. The Morgan fingerprint density at radius 2 is 0.699 bits per heavy atom. The van der Waals surface area contributed by atoms with Crippen LogP contribution >= 0.6 is 0 Å². The summed E-state index contributed by atoms with van der Waals surface area (Å²) >= 11 is 0. The van der Waals surface area contributed by atoms with E-state index in [1.165, 1.54) is 0 Å². The van der Waals surface area contributed by atoms with Gasteiger partial charge in [0.05, 0.1) is 68.5 Å². The van der Waals surface area contributed by atoms with Crippen LogP contribution in [0.1, 0.15) is 122 Å². The number of carbonyl (C=O) groups excluding carboxylic acids is 1. The number of carboxylic acid groups (broad SMARTS) is 2. The maximum atomic E-state index is 12.2. The van der Waals surface area contributed by atoms with E-state index in [-0.39, 0.29) is 43.0 Å². The lowest BCUT2D eigenvalue weighted by molar-refractivity contribution is -0.143. The fraction of sp³-hybridized carbons (Fsp3) is 0.361. The standard InChI is InChI=1S/C22H28O4.C20H24O4.C19H22O4/c1-7-26-22(23)13-19(17-9-8-14(2)20(11-17)24-5)18-10-15(3)16(4)21(12-18)25-6;1-12-6-7-15(9-18(12)23-4)17(11-20(21)22)16-8-13(2)14(3)19(10-16)24-5;1-12-9-15(10-18(23-4)13(12)2)17(11-19(20)21)14-5-7-16(22-3)8-6-14/h8-12,19H,7,13H2,1-6H3;6-10,17H,11H2,1-5H3,(H,21,22);5-10,17H,11H2,1-4H3,(H,20,21). The number of ether oxygens (including phenoxy) is 7. The molecule has 73 heavy (non-hydrogen) atoms. The van der Waals surface area contributed by atoms with Crippen LogP contribution in [-0.4, -0.2) is 77.4 Å². The number of methoxy groups -OCH3 is 6. The molecule has 0 bridgehead atoms. The second kappa shape index (κ2) is 27.4. The van der Waals surface area contributed by atoms with Crippen molar-refractivity contribution >= 4 is 17.9 Å². The molecule has 0 aliphatic heterocycles. The summed E-state index contributed by atoms with van der Waals surface area (Å²) in [5.41, 5.74) is 14.4. The molecule has 0 amide bonds. The zero-order valence-electron chi connectivity index (χ0n) is 45.3. The minimum absolute atomic E-state index is 0.0118. The number of carboxylic acids is 2. The van der Waals surface area contributed by atoms with E-state index in [4.69, 9.17) is 33.2 Å². The monoisotopic (exact) mass is 999 g/mol. The lowest BCUT2D eigenvalue weighted by atomic mass is 9.86. The van der Waals surface area contributed by atoms with Gasteiger partial charge in [-0.15, -0.1) is 0 Å². The normalized spacial score (nSPS) is 11.8. The van der Waals surface area contributed by atoms with Crippen molar-refractivity contribution in [2.45, 2.75) is 99.3 Å². The van der Waals surface area contributed by atoms with E-state index in [0.29, 0.717) is 6.61 Å². The minimum atomic E-state index is -0.836. The van der Waals surface area contributed by atoms with Crippen LogP contribution in [0, 0.1) is 55.4 Å². The maximum absolute atomic E-state index is 12.2. The topological polar surface area (TPSA) is 156 Å². The highest BCUT2D eigenvalue weighted by Gasteiger charge is 2.24. The molecule has 0 saturated heterocycles. The van der Waals surface area contributed by atoms with Crippen molar-refractivity contribution in [3.63, 3.8) is 0 Å². The highest BCUT2D eigenvalue weighted by atomic mass is 16.5. The number of benzene rings is 6. The molecule has 0 aliphatic carbocycles. The number of rotatable bonds is 19. The van der Waals surface area contributed by atoms with Gasteiger partial charge in [0.25, 0.3) is 0 Å². The van der Waals surface area contributed by atoms with Crippen molar-refractivity contribution < 1.29 is 57.8 Å². The van der Waals surface area contributed by atoms with Crippen molar-refractivity contribution in [3.05, 3.63) is 175 Å². The van der Waals surface area contributed by atoms with Crippen molar-refractivity contribution in [1.82, 2.24) is 0 Å². The van der Waals surface area contributed by atoms with Crippen LogP contribution in [0.5, 0.6) is 34.5 Å². The molecule has 0 radical (unpaired) electrons. The second-order valence-corrected chi connectivity index (χ2v) is 18.1. The van der Waals surface area contributed by atoms with Crippen LogP contribution in [0.4, 0.5) is 0 Å². The molecule has 6 rings (SSSR count). The van der Waals surface area contributed by atoms with Crippen molar-refractivity contribution in [1.29, 1.82) is 0 Å². The summed E-state index contributed by atoms with van der Waals surface area (Å²) in [5, 5.41) is 18.7. The molecule has 0 fully saturated rings. The fourth-order valence-electron chi connectivity index (χ4n) is 8.76. The summed E-state index contributed by atoms with van der Waals surface area (Å²) in [5.74, 6) is 2.21. The molecule has 3 atom stereocenters. The number of aryl methyl sites for hydroxylation is 5. The van der Waals surface area contributed by atoms with Gasteiger partial charge in [0.1, 0.15) is 34.5 Å². The first-order valence-corrected chi connectivity index (χ1v) is 24.2. The Labute approximate surface area is 432 Å². The molecule has 6 aromatic carbocycles. The Hall–Kier alpha value is -7.47. The molecule has 0 aromatic heterocycles. The number of hydrogen-bond acceptors (Lipinski definition) is 10. The van der Waals surface area contributed by atoms with Crippen LogP contribution in [0.15, 0.2) is 97.1 Å². The number of esters is 1. The number of hydrogen-bond donors (Lipinski definition) is 2. The highest BCUT2D eigenvalue weighted by molar-refractivity contribution is 5.72. The Morgan fingerprint density at radius 1 is 0.384 bits per heavy atom. The molecular weight excluding hydrogens is 925 g/mol. The molecule has 0 heterocycles. The number of aliphatic carboxylic acids is 2. The first kappa shape index (κ1) is 58.1. The molecule has 3 unspecified atom stereocenters. The molecule has 2 N–H and O–H groups in total. The van der Waals surface area contributed by atoms with E-state index >= 15 is 0 Å². The summed E-state index contributed by atoms with van der Waals surface area (Å²) in [6.07, 6.45) is 0.307. The lowest BCUT2D eigenvalue weighted by Crippen LogP contribution is -2.12. The minimum Gasteiger partial charge on any atom is -0.497 e. The van der Waals surface area contributed by atoms with Gasteiger partial charge >= 0.3 is 17.9 Å². The van der Waals surface area contributed by atoms with Gasteiger partial charge in [-0.05, 0) is 183 Å². The van der Waals surface area contributed by atoms with Gasteiger partial charge in [0, 0.05) is 17.8 Å². The summed E-state index contributed by atoms with van der Waals surface area (Å²) < 4.78 is 37.6. The van der Waals surface area contributed by atoms with Crippen molar-refractivity contribution in [3.8, 4) is 34.5 Å². The van der Waals surface area contributed by atoms with E-state index in [0.717, 1.165) is 112 Å². The Bertz CT molecular complexity index is 2830. The largest absolute Gasteiger partial charge is 0.497 e. The van der Waals surface area contributed by atoms with Crippen molar-refractivity contribution in [2.75, 3.05) is 49.3 Å². The van der Waals surface area contributed by atoms with Gasteiger partial charge < -0.3 is 43.4 Å².